The zero-order valence-electron chi connectivity index (χ0n) is 13.4. The molecule has 0 spiro atoms. The van der Waals surface area contributed by atoms with E-state index in [0.717, 1.165) is 22.2 Å². The maximum Gasteiger partial charge on any atom is 0.236 e. The fourth-order valence-corrected chi connectivity index (χ4v) is 3.29. The van der Waals surface area contributed by atoms with Gasteiger partial charge in [-0.2, -0.15) is 0 Å². The van der Waals surface area contributed by atoms with Gasteiger partial charge in [0.15, 0.2) is 10.8 Å². The number of nitrogens with zero attached hydrogens (tertiary/aromatic N) is 3. The summed E-state index contributed by atoms with van der Waals surface area (Å²) in [5.41, 5.74) is 0.955. The molecule has 2 aromatic heterocycles. The Labute approximate surface area is 139 Å². The third-order valence-corrected chi connectivity index (χ3v) is 4.61. The second kappa shape index (κ2) is 7.25. The molecule has 6 nitrogen and oxygen atoms in total. The van der Waals surface area contributed by atoms with Crippen molar-refractivity contribution in [3.05, 3.63) is 29.0 Å². The van der Waals surface area contributed by atoms with E-state index in [9.17, 15) is 4.79 Å². The van der Waals surface area contributed by atoms with Crippen LogP contribution in [0.1, 0.15) is 11.5 Å². The molecule has 0 aliphatic carbocycles. The van der Waals surface area contributed by atoms with Gasteiger partial charge in [0.25, 0.3) is 0 Å². The number of rotatable bonds is 5. The van der Waals surface area contributed by atoms with Crippen molar-refractivity contribution >= 4 is 17.2 Å². The number of thiazole rings is 1. The van der Waals surface area contributed by atoms with Gasteiger partial charge in [0.2, 0.25) is 5.91 Å². The van der Waals surface area contributed by atoms with Crippen molar-refractivity contribution in [2.75, 3.05) is 39.9 Å². The van der Waals surface area contributed by atoms with Crippen LogP contribution in [0, 0.1) is 6.92 Å². The summed E-state index contributed by atoms with van der Waals surface area (Å²) in [6.45, 7) is 5.60. The van der Waals surface area contributed by atoms with Gasteiger partial charge in [0, 0.05) is 25.0 Å². The van der Waals surface area contributed by atoms with Crippen LogP contribution in [0.15, 0.2) is 21.9 Å². The molecule has 3 rings (SSSR count). The highest BCUT2D eigenvalue weighted by Crippen LogP contribution is 2.25. The second-order valence-electron chi connectivity index (χ2n) is 5.72. The maximum absolute atomic E-state index is 12.2. The Morgan fingerprint density at radius 3 is 2.87 bits per heavy atom. The molecule has 1 aliphatic heterocycles. The van der Waals surface area contributed by atoms with Gasteiger partial charge < -0.3 is 14.1 Å². The maximum atomic E-state index is 12.2. The van der Waals surface area contributed by atoms with E-state index in [1.54, 1.807) is 11.3 Å². The number of carbonyl (C=O) groups excluding carboxylic acids is 1. The molecule has 3 heterocycles. The van der Waals surface area contributed by atoms with Crippen molar-refractivity contribution in [2.24, 2.45) is 0 Å². The van der Waals surface area contributed by atoms with Gasteiger partial charge in [-0.25, -0.2) is 4.98 Å². The number of aryl methyl sites for hydroxylation is 1. The van der Waals surface area contributed by atoms with E-state index in [-0.39, 0.29) is 5.91 Å². The molecule has 7 heteroatoms. The fourth-order valence-electron chi connectivity index (χ4n) is 2.52. The summed E-state index contributed by atoms with van der Waals surface area (Å²) in [6, 6.07) is 3.87. The summed E-state index contributed by atoms with van der Waals surface area (Å²) in [5, 5.41) is 2.89. The minimum Gasteiger partial charge on any atom is -0.459 e. The Bertz CT molecular complexity index is 661. The van der Waals surface area contributed by atoms with Gasteiger partial charge in [0.1, 0.15) is 5.76 Å². The number of hydrogen-bond donors (Lipinski definition) is 0. The smallest absolute Gasteiger partial charge is 0.236 e. The van der Waals surface area contributed by atoms with E-state index in [0.29, 0.717) is 39.4 Å². The average molecular weight is 335 g/mol. The summed E-state index contributed by atoms with van der Waals surface area (Å²) in [7, 11) is 1.94. The number of furan rings is 1. The number of aromatic nitrogens is 1. The van der Waals surface area contributed by atoms with Crippen LogP contribution in [-0.4, -0.2) is 60.6 Å². The predicted molar refractivity (Wildman–Crippen MR) is 88.3 cm³/mol. The Kier molecular flexibility index (Phi) is 5.09. The van der Waals surface area contributed by atoms with E-state index in [4.69, 9.17) is 9.15 Å². The standard InChI is InChI=1S/C16H21N3O3S/c1-12-3-4-14(22-12)16-17-13(11-23-16)9-18(2)10-15(20)19-5-7-21-8-6-19/h3-4,11H,5-10H2,1-2H3. The van der Waals surface area contributed by atoms with Crippen LogP contribution in [0.3, 0.4) is 0 Å². The third kappa shape index (κ3) is 4.19. The van der Waals surface area contributed by atoms with Crippen molar-refractivity contribution in [1.82, 2.24) is 14.8 Å². The van der Waals surface area contributed by atoms with E-state index >= 15 is 0 Å². The lowest BCUT2D eigenvalue weighted by Gasteiger charge is -2.28. The highest BCUT2D eigenvalue weighted by atomic mass is 32.1. The first kappa shape index (κ1) is 16.2. The average Bonchev–Trinajstić information content (AvgIpc) is 3.17. The molecular weight excluding hydrogens is 314 g/mol. The van der Waals surface area contributed by atoms with Crippen molar-refractivity contribution in [2.45, 2.75) is 13.5 Å². The van der Waals surface area contributed by atoms with Crippen molar-refractivity contribution in [3.63, 3.8) is 0 Å². The Morgan fingerprint density at radius 2 is 2.17 bits per heavy atom. The number of hydrogen-bond acceptors (Lipinski definition) is 6. The number of morpholine rings is 1. The zero-order chi connectivity index (χ0) is 16.2. The van der Waals surface area contributed by atoms with Crippen LogP contribution in [0.25, 0.3) is 10.8 Å². The minimum absolute atomic E-state index is 0.146. The molecule has 0 atom stereocenters. The molecule has 1 aliphatic rings. The highest BCUT2D eigenvalue weighted by Gasteiger charge is 2.18. The van der Waals surface area contributed by atoms with Crippen molar-refractivity contribution in [1.29, 1.82) is 0 Å². The minimum atomic E-state index is 0.146. The molecule has 1 fully saturated rings. The number of likely N-dealkylation sites (N-methyl/N-ethyl adjacent to an activating group) is 1. The molecule has 0 N–H and O–H groups in total. The molecule has 0 bridgehead atoms. The van der Waals surface area contributed by atoms with Crippen molar-refractivity contribution < 1.29 is 13.9 Å². The van der Waals surface area contributed by atoms with Gasteiger partial charge in [0.05, 0.1) is 25.5 Å². The Balaban J connectivity index is 1.54. The molecule has 0 aromatic carbocycles. The molecule has 0 radical (unpaired) electrons. The van der Waals surface area contributed by atoms with E-state index in [1.807, 2.05) is 41.3 Å². The summed E-state index contributed by atoms with van der Waals surface area (Å²) >= 11 is 1.56. The SMILES string of the molecule is Cc1ccc(-c2nc(CN(C)CC(=O)N3CCOCC3)cs2)o1. The molecule has 124 valence electrons. The van der Waals surface area contributed by atoms with Crippen LogP contribution in [0.4, 0.5) is 0 Å². The van der Waals surface area contributed by atoms with E-state index in [2.05, 4.69) is 4.98 Å². The lowest BCUT2D eigenvalue weighted by atomic mass is 10.3. The molecule has 2 aromatic rings. The van der Waals surface area contributed by atoms with Gasteiger partial charge in [-0.15, -0.1) is 11.3 Å². The number of amides is 1. The van der Waals surface area contributed by atoms with Crippen LogP contribution in [0.2, 0.25) is 0 Å². The Morgan fingerprint density at radius 1 is 1.39 bits per heavy atom. The lowest BCUT2D eigenvalue weighted by molar-refractivity contribution is -0.136. The summed E-state index contributed by atoms with van der Waals surface area (Å²) in [5.74, 6) is 1.82. The van der Waals surface area contributed by atoms with Gasteiger partial charge in [-0.1, -0.05) is 0 Å². The largest absolute Gasteiger partial charge is 0.459 e. The molecule has 0 saturated carbocycles. The Hall–Kier alpha value is -1.70. The number of ether oxygens (including phenoxy) is 1. The topological polar surface area (TPSA) is 58.8 Å². The highest BCUT2D eigenvalue weighted by molar-refractivity contribution is 7.13. The van der Waals surface area contributed by atoms with Crippen LogP contribution < -0.4 is 0 Å². The zero-order valence-corrected chi connectivity index (χ0v) is 14.3. The second-order valence-corrected chi connectivity index (χ2v) is 6.58. The lowest BCUT2D eigenvalue weighted by Crippen LogP contribution is -2.44. The van der Waals surface area contributed by atoms with Gasteiger partial charge in [-0.3, -0.25) is 9.69 Å². The van der Waals surface area contributed by atoms with Crippen molar-refractivity contribution in [3.8, 4) is 10.8 Å². The summed E-state index contributed by atoms with van der Waals surface area (Å²) in [6.07, 6.45) is 0. The van der Waals surface area contributed by atoms with Crippen LogP contribution in [0.5, 0.6) is 0 Å². The first-order chi connectivity index (χ1) is 11.1. The predicted octanol–water partition coefficient (Wildman–Crippen LogP) is 2.00. The van der Waals surface area contributed by atoms with Crippen LogP contribution >= 0.6 is 11.3 Å². The normalized spacial score (nSPS) is 15.3. The molecule has 1 amide bonds. The molecule has 23 heavy (non-hydrogen) atoms. The molecule has 0 unspecified atom stereocenters. The first-order valence-electron chi connectivity index (χ1n) is 7.67. The van der Waals surface area contributed by atoms with Gasteiger partial charge in [-0.05, 0) is 26.1 Å². The van der Waals surface area contributed by atoms with E-state index < -0.39 is 0 Å². The summed E-state index contributed by atoms with van der Waals surface area (Å²) in [4.78, 5) is 20.7. The quantitative estimate of drug-likeness (QED) is 0.836. The molecular formula is C16H21N3O3S. The first-order valence-corrected chi connectivity index (χ1v) is 8.55. The molecule has 1 saturated heterocycles. The van der Waals surface area contributed by atoms with Crippen LogP contribution in [-0.2, 0) is 16.1 Å². The monoisotopic (exact) mass is 335 g/mol. The van der Waals surface area contributed by atoms with E-state index in [1.165, 1.54) is 0 Å². The van der Waals surface area contributed by atoms with Gasteiger partial charge >= 0.3 is 0 Å². The number of carbonyl (C=O) groups is 1. The fraction of sp³-hybridized carbons (Fsp3) is 0.500. The third-order valence-electron chi connectivity index (χ3n) is 3.70. The summed E-state index contributed by atoms with van der Waals surface area (Å²) < 4.78 is 10.9.